The minimum absolute atomic E-state index is 0.0867. The zero-order valence-corrected chi connectivity index (χ0v) is 12.8. The number of hydrogen-bond donors (Lipinski definition) is 2. The molecule has 0 aliphatic heterocycles. The molecule has 1 aromatic rings. The summed E-state index contributed by atoms with van der Waals surface area (Å²) >= 11 is 5.01. The van der Waals surface area contributed by atoms with Crippen LogP contribution in [0.1, 0.15) is 18.4 Å². The topological polar surface area (TPSA) is 117 Å². The highest BCUT2D eigenvalue weighted by molar-refractivity contribution is 7.80. The molecule has 0 amide bonds. The van der Waals surface area contributed by atoms with Gasteiger partial charge in [0.2, 0.25) is 0 Å². The van der Waals surface area contributed by atoms with E-state index in [9.17, 15) is 20.0 Å². The van der Waals surface area contributed by atoms with E-state index in [-0.39, 0.29) is 35.9 Å². The third kappa shape index (κ3) is 5.92. The summed E-state index contributed by atoms with van der Waals surface area (Å²) in [4.78, 5) is 21.0. The molecule has 120 valence electrons. The van der Waals surface area contributed by atoms with Crippen LogP contribution in [0, 0.1) is 10.1 Å². The number of rotatable bonds is 7. The number of nitrogens with one attached hydrogen (secondary N) is 2. The molecule has 0 fully saturated rings. The number of thiocarbonyl (C=S) groups is 1. The Kier molecular flexibility index (Phi) is 7.03. The number of nitrogens with zero attached hydrogens (tertiary/aromatic N) is 1. The Morgan fingerprint density at radius 2 is 2.14 bits per heavy atom. The molecule has 0 radical (unpaired) electrons. The SMILES string of the molecule is COC(=O)CCCNC(=S)NCc1cc([N+](=O)[O-])ccc1[O-]. The van der Waals surface area contributed by atoms with E-state index in [1.165, 1.54) is 13.2 Å². The van der Waals surface area contributed by atoms with E-state index in [1.807, 2.05) is 0 Å². The van der Waals surface area contributed by atoms with E-state index in [2.05, 4.69) is 15.4 Å². The van der Waals surface area contributed by atoms with Crippen LogP contribution < -0.4 is 15.7 Å². The van der Waals surface area contributed by atoms with E-state index in [1.54, 1.807) is 0 Å². The zero-order chi connectivity index (χ0) is 16.5. The van der Waals surface area contributed by atoms with Gasteiger partial charge in [-0.25, -0.2) is 0 Å². The van der Waals surface area contributed by atoms with Gasteiger partial charge in [-0.1, -0.05) is 6.07 Å². The van der Waals surface area contributed by atoms with Gasteiger partial charge >= 0.3 is 5.97 Å². The fraction of sp³-hybridized carbons (Fsp3) is 0.385. The van der Waals surface area contributed by atoms with Crippen molar-refractivity contribution in [3.8, 4) is 5.75 Å². The first-order valence-corrected chi connectivity index (χ1v) is 6.87. The number of hydrogen-bond acceptors (Lipinski definition) is 6. The largest absolute Gasteiger partial charge is 0.872 e. The van der Waals surface area contributed by atoms with Crippen molar-refractivity contribution in [3.05, 3.63) is 33.9 Å². The number of methoxy groups -OCH3 is 1. The van der Waals surface area contributed by atoms with Crippen LogP contribution >= 0.6 is 12.2 Å². The van der Waals surface area contributed by atoms with Crippen molar-refractivity contribution in [2.24, 2.45) is 0 Å². The molecule has 0 saturated carbocycles. The van der Waals surface area contributed by atoms with Crippen molar-refractivity contribution in [2.75, 3.05) is 13.7 Å². The number of benzene rings is 1. The van der Waals surface area contributed by atoms with Crippen LogP contribution in [0.2, 0.25) is 0 Å². The smallest absolute Gasteiger partial charge is 0.305 e. The van der Waals surface area contributed by atoms with E-state index in [0.29, 0.717) is 18.1 Å². The van der Waals surface area contributed by atoms with Gasteiger partial charge < -0.3 is 20.5 Å². The first kappa shape index (κ1) is 17.6. The summed E-state index contributed by atoms with van der Waals surface area (Å²) in [6.07, 6.45) is 0.833. The van der Waals surface area contributed by atoms with E-state index < -0.39 is 4.92 Å². The lowest BCUT2D eigenvalue weighted by Gasteiger charge is -2.15. The molecule has 0 aromatic heterocycles. The predicted octanol–water partition coefficient (Wildman–Crippen LogP) is 0.586. The third-order valence-electron chi connectivity index (χ3n) is 2.77. The Balaban J connectivity index is 2.39. The Labute approximate surface area is 132 Å². The molecule has 0 spiro atoms. The molecule has 0 unspecified atom stereocenters. The number of nitro groups is 1. The molecule has 9 heteroatoms. The summed E-state index contributed by atoms with van der Waals surface area (Å²) in [5.41, 5.74) is 0.112. The number of ether oxygens (including phenoxy) is 1. The summed E-state index contributed by atoms with van der Waals surface area (Å²) in [5.74, 6) is -0.597. The van der Waals surface area contributed by atoms with Gasteiger partial charge in [-0.05, 0) is 24.2 Å². The second-order valence-electron chi connectivity index (χ2n) is 4.34. The van der Waals surface area contributed by atoms with Crippen LogP contribution in [0.15, 0.2) is 18.2 Å². The Morgan fingerprint density at radius 1 is 1.41 bits per heavy atom. The van der Waals surface area contributed by atoms with Crippen molar-refractivity contribution in [1.82, 2.24) is 10.6 Å². The lowest BCUT2D eigenvalue weighted by Crippen LogP contribution is -2.35. The van der Waals surface area contributed by atoms with Crippen molar-refractivity contribution in [3.63, 3.8) is 0 Å². The standard InChI is InChI=1S/C13H17N3O5S/c1-21-12(18)3-2-6-14-13(22)15-8-9-7-10(16(19)20)4-5-11(9)17/h4-5,7,17H,2-3,6,8H2,1H3,(H2,14,15,22)/p-1. The fourth-order valence-electron chi connectivity index (χ4n) is 1.59. The molecule has 1 rings (SSSR count). The first-order valence-electron chi connectivity index (χ1n) is 6.47. The molecular formula is C13H16N3O5S-. The van der Waals surface area contributed by atoms with Gasteiger partial charge in [-0.2, -0.15) is 0 Å². The van der Waals surface area contributed by atoms with Gasteiger partial charge in [0.25, 0.3) is 5.69 Å². The van der Waals surface area contributed by atoms with Crippen molar-refractivity contribution in [1.29, 1.82) is 0 Å². The van der Waals surface area contributed by atoms with Gasteiger partial charge in [0.1, 0.15) is 0 Å². The molecule has 8 nitrogen and oxygen atoms in total. The third-order valence-corrected chi connectivity index (χ3v) is 3.05. The average Bonchev–Trinajstić information content (AvgIpc) is 2.50. The van der Waals surface area contributed by atoms with Gasteiger partial charge in [-0.15, -0.1) is 5.75 Å². The van der Waals surface area contributed by atoms with Crippen LogP contribution in [0.25, 0.3) is 0 Å². The number of non-ortho nitro benzene ring substituents is 1. The molecule has 0 atom stereocenters. The Morgan fingerprint density at radius 3 is 2.77 bits per heavy atom. The molecule has 0 aliphatic carbocycles. The second kappa shape index (κ2) is 8.78. The maximum Gasteiger partial charge on any atom is 0.305 e. The highest BCUT2D eigenvalue weighted by Crippen LogP contribution is 2.20. The molecule has 0 saturated heterocycles. The van der Waals surface area contributed by atoms with Crippen molar-refractivity contribution >= 4 is 29.0 Å². The highest BCUT2D eigenvalue weighted by Gasteiger charge is 2.07. The second-order valence-corrected chi connectivity index (χ2v) is 4.75. The zero-order valence-electron chi connectivity index (χ0n) is 12.0. The lowest BCUT2D eigenvalue weighted by atomic mass is 10.2. The van der Waals surface area contributed by atoms with Crippen LogP contribution in [0.3, 0.4) is 0 Å². The summed E-state index contributed by atoms with van der Waals surface area (Å²) in [6.45, 7) is 0.559. The maximum absolute atomic E-state index is 11.6. The van der Waals surface area contributed by atoms with Gasteiger partial charge in [-0.3, -0.25) is 14.9 Å². The number of nitro benzene ring substituents is 1. The summed E-state index contributed by atoms with van der Waals surface area (Å²) < 4.78 is 4.50. The Bertz CT molecular complexity index is 565. The van der Waals surface area contributed by atoms with E-state index >= 15 is 0 Å². The summed E-state index contributed by atoms with van der Waals surface area (Å²) in [5, 5.41) is 28.2. The van der Waals surface area contributed by atoms with Gasteiger partial charge in [0, 0.05) is 31.6 Å². The predicted molar refractivity (Wildman–Crippen MR) is 81.2 cm³/mol. The highest BCUT2D eigenvalue weighted by atomic mass is 32.1. The number of carbonyl (C=O) groups is 1. The molecular weight excluding hydrogens is 310 g/mol. The van der Waals surface area contributed by atoms with Gasteiger partial charge in [0.05, 0.1) is 12.0 Å². The van der Waals surface area contributed by atoms with Crippen molar-refractivity contribution < 1.29 is 19.6 Å². The van der Waals surface area contributed by atoms with Crippen LogP contribution in [0.5, 0.6) is 5.75 Å². The molecule has 2 N–H and O–H groups in total. The van der Waals surface area contributed by atoms with Gasteiger partial charge in [0.15, 0.2) is 5.11 Å². The van der Waals surface area contributed by atoms with E-state index in [4.69, 9.17) is 12.2 Å². The minimum Gasteiger partial charge on any atom is -0.872 e. The van der Waals surface area contributed by atoms with Crippen LogP contribution in [-0.2, 0) is 16.1 Å². The minimum atomic E-state index is -0.563. The normalized spacial score (nSPS) is 9.86. The molecule has 22 heavy (non-hydrogen) atoms. The first-order chi connectivity index (χ1) is 10.4. The lowest BCUT2D eigenvalue weighted by molar-refractivity contribution is -0.385. The molecule has 1 aromatic carbocycles. The molecule has 0 bridgehead atoms. The monoisotopic (exact) mass is 326 g/mol. The quantitative estimate of drug-likeness (QED) is 0.246. The van der Waals surface area contributed by atoms with E-state index in [0.717, 1.165) is 12.1 Å². The average molecular weight is 326 g/mol. The summed E-state index contributed by atoms with van der Waals surface area (Å²) in [6, 6.07) is 3.53. The maximum atomic E-state index is 11.6. The molecule has 0 aliphatic rings. The Hall–Kier alpha value is -2.42. The van der Waals surface area contributed by atoms with Crippen LogP contribution in [-0.4, -0.2) is 29.7 Å². The summed E-state index contributed by atoms with van der Waals surface area (Å²) in [7, 11) is 1.32. The van der Waals surface area contributed by atoms with Crippen molar-refractivity contribution in [2.45, 2.75) is 19.4 Å². The molecule has 0 heterocycles. The number of carbonyl (C=O) groups excluding carboxylic acids is 1. The fourth-order valence-corrected chi connectivity index (χ4v) is 1.77. The number of esters is 1. The van der Waals surface area contributed by atoms with Crippen LogP contribution in [0.4, 0.5) is 5.69 Å².